The Morgan fingerprint density at radius 1 is 1.50 bits per heavy atom. The normalized spacial score (nSPS) is 10.8. The summed E-state index contributed by atoms with van der Waals surface area (Å²) in [6.07, 6.45) is 2.02. The molecule has 0 bridgehead atoms. The lowest BCUT2D eigenvalue weighted by atomic mass is 10.3. The number of hydrogen-bond donors (Lipinski definition) is 0. The molecular formula is C13H15FN2OS. The van der Waals surface area contributed by atoms with Gasteiger partial charge in [-0.25, -0.2) is 9.37 Å². The summed E-state index contributed by atoms with van der Waals surface area (Å²) in [5.74, 6) is -0.394. The maximum absolute atomic E-state index is 13.1. The second-order valence-electron chi connectivity index (χ2n) is 4.21. The average molecular weight is 266 g/mol. The van der Waals surface area contributed by atoms with Gasteiger partial charge in [-0.2, -0.15) is 0 Å². The Morgan fingerprint density at radius 3 is 3.00 bits per heavy atom. The van der Waals surface area contributed by atoms with Crippen molar-refractivity contribution in [2.45, 2.75) is 19.8 Å². The Hall–Kier alpha value is -1.49. The van der Waals surface area contributed by atoms with Crippen LogP contribution < -0.4 is 0 Å². The second-order valence-corrected chi connectivity index (χ2v) is 5.24. The van der Waals surface area contributed by atoms with Gasteiger partial charge < -0.3 is 4.90 Å². The summed E-state index contributed by atoms with van der Waals surface area (Å²) in [5, 5.41) is 0.425. The smallest absolute Gasteiger partial charge is 0.282 e. The quantitative estimate of drug-likeness (QED) is 0.850. The molecule has 0 unspecified atom stereocenters. The minimum atomic E-state index is -0.301. The van der Waals surface area contributed by atoms with E-state index in [9.17, 15) is 9.18 Å². The zero-order valence-corrected chi connectivity index (χ0v) is 11.3. The first-order valence-electron chi connectivity index (χ1n) is 5.93. The monoisotopic (exact) mass is 266 g/mol. The van der Waals surface area contributed by atoms with E-state index in [0.717, 1.165) is 19.4 Å². The van der Waals surface area contributed by atoms with E-state index < -0.39 is 0 Å². The maximum atomic E-state index is 13.1. The van der Waals surface area contributed by atoms with Gasteiger partial charge in [0, 0.05) is 13.6 Å². The van der Waals surface area contributed by atoms with Gasteiger partial charge in [-0.1, -0.05) is 13.3 Å². The molecule has 0 spiro atoms. The van der Waals surface area contributed by atoms with Gasteiger partial charge in [0.25, 0.3) is 5.91 Å². The Labute approximate surface area is 109 Å². The van der Waals surface area contributed by atoms with Crippen LogP contribution in [0, 0.1) is 5.82 Å². The molecule has 0 saturated heterocycles. The molecule has 0 N–H and O–H groups in total. The largest absolute Gasteiger partial charge is 0.340 e. The van der Waals surface area contributed by atoms with Gasteiger partial charge in [0.1, 0.15) is 5.82 Å². The molecule has 0 fully saturated rings. The highest BCUT2D eigenvalue weighted by atomic mass is 32.1. The van der Waals surface area contributed by atoms with Crippen LogP contribution in [0.25, 0.3) is 10.2 Å². The predicted octanol–water partition coefficient (Wildman–Crippen LogP) is 3.31. The number of carbonyl (C=O) groups is 1. The number of unbranched alkanes of at least 4 members (excludes halogenated alkanes) is 1. The molecule has 3 nitrogen and oxygen atoms in total. The van der Waals surface area contributed by atoms with Gasteiger partial charge in [-0.05, 0) is 24.6 Å². The van der Waals surface area contributed by atoms with Crippen molar-refractivity contribution in [2.75, 3.05) is 13.6 Å². The van der Waals surface area contributed by atoms with Crippen LogP contribution >= 0.6 is 11.3 Å². The lowest BCUT2D eigenvalue weighted by Gasteiger charge is -2.14. The summed E-state index contributed by atoms with van der Waals surface area (Å²) in [5.41, 5.74) is 0.675. The van der Waals surface area contributed by atoms with Crippen molar-refractivity contribution in [2.24, 2.45) is 0 Å². The number of hydrogen-bond acceptors (Lipinski definition) is 3. The minimum absolute atomic E-state index is 0.0925. The van der Waals surface area contributed by atoms with Crippen molar-refractivity contribution in [1.29, 1.82) is 0 Å². The third-order valence-corrected chi connectivity index (χ3v) is 3.73. The first kappa shape index (κ1) is 13.0. The third kappa shape index (κ3) is 2.67. The molecule has 2 rings (SSSR count). The Kier molecular flexibility index (Phi) is 3.91. The number of rotatable bonds is 4. The van der Waals surface area contributed by atoms with Crippen LogP contribution in [0.15, 0.2) is 18.2 Å². The van der Waals surface area contributed by atoms with Gasteiger partial charge in [0.15, 0.2) is 5.01 Å². The molecule has 0 radical (unpaired) electrons. The fourth-order valence-electron chi connectivity index (χ4n) is 1.65. The summed E-state index contributed by atoms with van der Waals surface area (Å²) >= 11 is 1.24. The first-order chi connectivity index (χ1) is 8.61. The first-order valence-corrected chi connectivity index (χ1v) is 6.75. The standard InChI is InChI=1S/C13H15FN2OS/c1-3-4-7-16(2)13(17)12-15-10-6-5-9(14)8-11(10)18-12/h5-6,8H,3-4,7H2,1-2H3. The molecule has 1 aromatic carbocycles. The van der Waals surface area contributed by atoms with E-state index in [0.29, 0.717) is 15.2 Å². The molecule has 1 aromatic heterocycles. The SMILES string of the molecule is CCCCN(C)C(=O)c1nc2ccc(F)cc2s1. The fourth-order valence-corrected chi connectivity index (χ4v) is 2.64. The highest BCUT2D eigenvalue weighted by Gasteiger charge is 2.16. The molecule has 96 valence electrons. The highest BCUT2D eigenvalue weighted by molar-refractivity contribution is 7.20. The van der Waals surface area contributed by atoms with E-state index in [1.165, 1.54) is 23.5 Å². The van der Waals surface area contributed by atoms with Crippen molar-refractivity contribution in [1.82, 2.24) is 9.88 Å². The van der Waals surface area contributed by atoms with Gasteiger partial charge in [-0.3, -0.25) is 4.79 Å². The van der Waals surface area contributed by atoms with Gasteiger partial charge in [-0.15, -0.1) is 11.3 Å². The lowest BCUT2D eigenvalue weighted by molar-refractivity contribution is 0.0793. The molecule has 0 aliphatic rings. The van der Waals surface area contributed by atoms with Crippen LogP contribution in [0.5, 0.6) is 0 Å². The van der Waals surface area contributed by atoms with Crippen LogP contribution in [0.3, 0.4) is 0 Å². The zero-order chi connectivity index (χ0) is 13.1. The highest BCUT2D eigenvalue weighted by Crippen LogP contribution is 2.23. The Balaban J connectivity index is 2.22. The number of thiazole rings is 1. The molecule has 0 atom stereocenters. The van der Waals surface area contributed by atoms with Crippen molar-refractivity contribution in [3.05, 3.63) is 29.0 Å². The summed E-state index contributed by atoms with van der Waals surface area (Å²) in [7, 11) is 1.77. The van der Waals surface area contributed by atoms with E-state index in [1.807, 2.05) is 0 Å². The molecule has 5 heteroatoms. The van der Waals surface area contributed by atoms with Crippen LogP contribution in [0.1, 0.15) is 29.6 Å². The summed E-state index contributed by atoms with van der Waals surface area (Å²) in [6.45, 7) is 2.80. The molecule has 0 aliphatic heterocycles. The number of amides is 1. The van der Waals surface area contributed by atoms with E-state index in [1.54, 1.807) is 18.0 Å². The molecule has 1 amide bonds. The van der Waals surface area contributed by atoms with Crippen LogP contribution in [-0.4, -0.2) is 29.4 Å². The summed E-state index contributed by atoms with van der Waals surface area (Å²) in [6, 6.07) is 4.37. The van der Waals surface area contributed by atoms with Crippen LogP contribution in [0.2, 0.25) is 0 Å². The number of halogens is 1. The third-order valence-electron chi connectivity index (χ3n) is 2.73. The minimum Gasteiger partial charge on any atom is -0.340 e. The number of nitrogens with zero attached hydrogens (tertiary/aromatic N) is 2. The average Bonchev–Trinajstić information content (AvgIpc) is 2.77. The van der Waals surface area contributed by atoms with Crippen molar-refractivity contribution < 1.29 is 9.18 Å². The van der Waals surface area contributed by atoms with Gasteiger partial charge >= 0.3 is 0 Å². The van der Waals surface area contributed by atoms with E-state index in [-0.39, 0.29) is 11.7 Å². The van der Waals surface area contributed by atoms with Gasteiger partial charge in [0.2, 0.25) is 0 Å². The molecule has 18 heavy (non-hydrogen) atoms. The maximum Gasteiger partial charge on any atom is 0.282 e. The zero-order valence-electron chi connectivity index (χ0n) is 10.4. The number of fused-ring (bicyclic) bond motifs is 1. The second kappa shape index (κ2) is 5.44. The molecular weight excluding hydrogens is 251 g/mol. The molecule has 0 saturated carbocycles. The van der Waals surface area contributed by atoms with Crippen LogP contribution in [-0.2, 0) is 0 Å². The van der Waals surface area contributed by atoms with E-state index >= 15 is 0 Å². The Bertz CT molecular complexity index is 567. The molecule has 2 aromatic rings. The predicted molar refractivity (Wildman–Crippen MR) is 71.4 cm³/mol. The number of benzene rings is 1. The Morgan fingerprint density at radius 2 is 2.28 bits per heavy atom. The van der Waals surface area contributed by atoms with Crippen molar-refractivity contribution in [3.8, 4) is 0 Å². The number of carbonyl (C=O) groups excluding carboxylic acids is 1. The molecule has 0 aliphatic carbocycles. The van der Waals surface area contributed by atoms with Crippen LogP contribution in [0.4, 0.5) is 4.39 Å². The fraction of sp³-hybridized carbons (Fsp3) is 0.385. The van der Waals surface area contributed by atoms with Crippen molar-refractivity contribution >= 4 is 27.5 Å². The van der Waals surface area contributed by atoms with E-state index in [2.05, 4.69) is 11.9 Å². The van der Waals surface area contributed by atoms with Gasteiger partial charge in [0.05, 0.1) is 10.2 Å². The lowest BCUT2D eigenvalue weighted by Crippen LogP contribution is -2.27. The summed E-state index contributed by atoms with van der Waals surface area (Å²) < 4.78 is 13.8. The van der Waals surface area contributed by atoms with Crippen molar-refractivity contribution in [3.63, 3.8) is 0 Å². The molecule has 1 heterocycles. The topological polar surface area (TPSA) is 33.2 Å². The number of aromatic nitrogens is 1. The van der Waals surface area contributed by atoms with E-state index in [4.69, 9.17) is 0 Å². The summed E-state index contributed by atoms with van der Waals surface area (Å²) in [4.78, 5) is 18.0.